The molecule has 2 aromatic carbocycles. The molecule has 2 aromatic rings. The monoisotopic (exact) mass is 266 g/mol. The quantitative estimate of drug-likeness (QED) is 0.419. The molecule has 0 unspecified atom stereocenters. The molecule has 0 fully saturated rings. The average Bonchev–Trinajstić information content (AvgIpc) is 2.51. The number of nitrogens with zero attached hydrogens (tertiary/aromatic N) is 2. The first-order chi connectivity index (χ1) is 9.90. The number of benzene rings is 2. The van der Waals surface area contributed by atoms with Gasteiger partial charge >= 0.3 is 0 Å². The van der Waals surface area contributed by atoms with Crippen LogP contribution in [0.2, 0.25) is 0 Å². The predicted octanol–water partition coefficient (Wildman–Crippen LogP) is 6.22. The molecule has 0 amide bonds. The second-order valence-corrected chi connectivity index (χ2v) is 4.97. The van der Waals surface area contributed by atoms with Crippen molar-refractivity contribution in [1.29, 1.82) is 0 Å². The molecule has 0 saturated carbocycles. The Bertz CT molecular complexity index is 532. The first-order valence-electron chi connectivity index (χ1n) is 7.45. The van der Waals surface area contributed by atoms with E-state index >= 15 is 0 Å². The highest BCUT2D eigenvalue weighted by atomic mass is 15.1. The van der Waals surface area contributed by atoms with Gasteiger partial charge in [0.15, 0.2) is 0 Å². The second kappa shape index (κ2) is 8.26. The highest BCUT2D eigenvalue weighted by Crippen LogP contribution is 2.23. The van der Waals surface area contributed by atoms with Crippen LogP contribution in [0.3, 0.4) is 0 Å². The van der Waals surface area contributed by atoms with E-state index in [0.717, 1.165) is 17.8 Å². The van der Waals surface area contributed by atoms with E-state index in [-0.39, 0.29) is 0 Å². The van der Waals surface area contributed by atoms with Crippen LogP contribution in [-0.4, -0.2) is 0 Å². The summed E-state index contributed by atoms with van der Waals surface area (Å²) in [6.07, 6.45) is 6.19. The maximum atomic E-state index is 4.40. The molecule has 0 aliphatic heterocycles. The number of rotatable bonds is 7. The van der Waals surface area contributed by atoms with Crippen molar-refractivity contribution in [2.75, 3.05) is 0 Å². The Kier molecular flexibility index (Phi) is 5.97. The average molecular weight is 266 g/mol. The Balaban J connectivity index is 2.02. The lowest BCUT2D eigenvalue weighted by atomic mass is 10.0. The van der Waals surface area contributed by atoms with Crippen LogP contribution in [0.15, 0.2) is 64.8 Å². The summed E-state index contributed by atoms with van der Waals surface area (Å²) < 4.78 is 0. The first-order valence-corrected chi connectivity index (χ1v) is 7.45. The summed E-state index contributed by atoms with van der Waals surface area (Å²) in [4.78, 5) is 0. The van der Waals surface area contributed by atoms with Gasteiger partial charge in [0, 0.05) is 0 Å². The van der Waals surface area contributed by atoms with Crippen LogP contribution in [0.5, 0.6) is 0 Å². The van der Waals surface area contributed by atoms with Crippen molar-refractivity contribution in [2.45, 2.75) is 39.0 Å². The minimum Gasteiger partial charge on any atom is -0.151 e. The Labute approximate surface area is 121 Å². The molecule has 0 aliphatic rings. The number of unbranched alkanes of at least 4 members (excludes halogenated alkanes) is 3. The third-order valence-electron chi connectivity index (χ3n) is 3.32. The predicted molar refractivity (Wildman–Crippen MR) is 84.9 cm³/mol. The van der Waals surface area contributed by atoms with Crippen molar-refractivity contribution in [3.05, 3.63) is 60.2 Å². The van der Waals surface area contributed by atoms with Crippen LogP contribution >= 0.6 is 0 Å². The molecule has 0 bridgehead atoms. The zero-order valence-corrected chi connectivity index (χ0v) is 12.1. The molecule has 0 atom stereocenters. The van der Waals surface area contributed by atoms with Gasteiger partial charge in [0.05, 0.1) is 11.4 Å². The first kappa shape index (κ1) is 14.4. The number of aryl methyl sites for hydroxylation is 1. The van der Waals surface area contributed by atoms with Crippen molar-refractivity contribution in [3.63, 3.8) is 0 Å². The fourth-order valence-electron chi connectivity index (χ4n) is 2.17. The molecular weight excluding hydrogens is 244 g/mol. The van der Waals surface area contributed by atoms with Crippen molar-refractivity contribution in [1.82, 2.24) is 0 Å². The summed E-state index contributed by atoms with van der Waals surface area (Å²) in [6, 6.07) is 18.2. The van der Waals surface area contributed by atoms with Crippen molar-refractivity contribution < 1.29 is 0 Å². The molecule has 0 aromatic heterocycles. The summed E-state index contributed by atoms with van der Waals surface area (Å²) in [5.41, 5.74) is 3.18. The molecule has 0 spiro atoms. The lowest BCUT2D eigenvalue weighted by molar-refractivity contribution is 0.667. The molecule has 0 saturated heterocycles. The van der Waals surface area contributed by atoms with Gasteiger partial charge in [0.1, 0.15) is 0 Å². The maximum absolute atomic E-state index is 4.40. The van der Waals surface area contributed by atoms with Gasteiger partial charge in [-0.05, 0) is 36.6 Å². The second-order valence-electron chi connectivity index (χ2n) is 4.97. The zero-order valence-electron chi connectivity index (χ0n) is 12.1. The highest BCUT2D eigenvalue weighted by Gasteiger charge is 2.00. The van der Waals surface area contributed by atoms with Crippen LogP contribution < -0.4 is 0 Å². The molecule has 2 rings (SSSR count). The number of hydrogen-bond acceptors (Lipinski definition) is 2. The summed E-state index contributed by atoms with van der Waals surface area (Å²) in [6.45, 7) is 2.24. The van der Waals surface area contributed by atoms with Gasteiger partial charge < -0.3 is 0 Å². The topological polar surface area (TPSA) is 24.7 Å². The Hall–Kier alpha value is -1.96. The fourth-order valence-corrected chi connectivity index (χ4v) is 2.17. The van der Waals surface area contributed by atoms with Gasteiger partial charge in [-0.2, -0.15) is 10.2 Å². The molecule has 2 nitrogen and oxygen atoms in total. The van der Waals surface area contributed by atoms with Crippen LogP contribution in [0.25, 0.3) is 0 Å². The van der Waals surface area contributed by atoms with Crippen LogP contribution in [0.4, 0.5) is 11.4 Å². The SMILES string of the molecule is CCCCCCc1ccccc1N=Nc1ccccc1. The third kappa shape index (κ3) is 4.61. The summed E-state index contributed by atoms with van der Waals surface area (Å²) in [7, 11) is 0. The van der Waals surface area contributed by atoms with Gasteiger partial charge in [-0.3, -0.25) is 0 Å². The Morgan fingerprint density at radius 1 is 0.750 bits per heavy atom. The zero-order chi connectivity index (χ0) is 14.0. The van der Waals surface area contributed by atoms with Crippen LogP contribution in [-0.2, 0) is 6.42 Å². The summed E-state index contributed by atoms with van der Waals surface area (Å²) in [5.74, 6) is 0. The lowest BCUT2D eigenvalue weighted by Gasteiger charge is -2.04. The standard InChI is InChI=1S/C18H22N2/c1-2-3-4-6-11-16-12-9-10-15-18(16)20-19-17-13-7-5-8-14-17/h5,7-10,12-15H,2-4,6,11H2,1H3. The van der Waals surface area contributed by atoms with E-state index in [1.165, 1.54) is 31.2 Å². The smallest absolute Gasteiger partial charge is 0.0889 e. The molecule has 104 valence electrons. The number of hydrogen-bond donors (Lipinski definition) is 0. The molecular formula is C18H22N2. The van der Waals surface area contributed by atoms with Gasteiger partial charge in [-0.15, -0.1) is 0 Å². The molecule has 0 aliphatic carbocycles. The molecule has 0 N–H and O–H groups in total. The Morgan fingerprint density at radius 3 is 2.30 bits per heavy atom. The van der Waals surface area contributed by atoms with Crippen molar-refractivity contribution in [2.24, 2.45) is 10.2 Å². The van der Waals surface area contributed by atoms with Gasteiger partial charge in [0.2, 0.25) is 0 Å². The largest absolute Gasteiger partial charge is 0.151 e. The van der Waals surface area contributed by atoms with Gasteiger partial charge in [-0.25, -0.2) is 0 Å². The fraction of sp³-hybridized carbons (Fsp3) is 0.333. The van der Waals surface area contributed by atoms with E-state index < -0.39 is 0 Å². The van der Waals surface area contributed by atoms with E-state index in [4.69, 9.17) is 0 Å². The maximum Gasteiger partial charge on any atom is 0.0889 e. The van der Waals surface area contributed by atoms with E-state index in [1.54, 1.807) is 0 Å². The van der Waals surface area contributed by atoms with Crippen molar-refractivity contribution in [3.8, 4) is 0 Å². The van der Waals surface area contributed by atoms with Gasteiger partial charge in [0.25, 0.3) is 0 Å². The lowest BCUT2D eigenvalue weighted by Crippen LogP contribution is -1.86. The van der Waals surface area contributed by atoms with E-state index in [1.807, 2.05) is 42.5 Å². The molecule has 0 radical (unpaired) electrons. The minimum atomic E-state index is 0.897. The van der Waals surface area contributed by atoms with Crippen LogP contribution in [0.1, 0.15) is 38.2 Å². The molecule has 0 heterocycles. The normalized spacial score (nSPS) is 11.1. The van der Waals surface area contributed by atoms with Crippen LogP contribution in [0, 0.1) is 0 Å². The van der Waals surface area contributed by atoms with Gasteiger partial charge in [-0.1, -0.05) is 62.6 Å². The highest BCUT2D eigenvalue weighted by molar-refractivity contribution is 5.46. The number of azo groups is 1. The summed E-state index contributed by atoms with van der Waals surface area (Å²) in [5, 5.41) is 8.71. The summed E-state index contributed by atoms with van der Waals surface area (Å²) >= 11 is 0. The molecule has 20 heavy (non-hydrogen) atoms. The van der Waals surface area contributed by atoms with E-state index in [2.05, 4.69) is 29.3 Å². The van der Waals surface area contributed by atoms with E-state index in [9.17, 15) is 0 Å². The van der Waals surface area contributed by atoms with Crippen molar-refractivity contribution >= 4 is 11.4 Å². The Morgan fingerprint density at radius 2 is 1.50 bits per heavy atom. The molecule has 2 heteroatoms. The van der Waals surface area contributed by atoms with E-state index in [0.29, 0.717) is 0 Å². The minimum absolute atomic E-state index is 0.897. The third-order valence-corrected chi connectivity index (χ3v) is 3.32.